The highest BCUT2D eigenvalue weighted by Gasteiger charge is 2.21. The maximum absolute atomic E-state index is 12.6. The molecule has 124 valence electrons. The molecule has 0 radical (unpaired) electrons. The van der Waals surface area contributed by atoms with E-state index in [1.807, 2.05) is 0 Å². The van der Waals surface area contributed by atoms with E-state index in [1.54, 1.807) is 36.4 Å². The van der Waals surface area contributed by atoms with E-state index >= 15 is 0 Å². The number of nitrogens with zero attached hydrogens (tertiary/aromatic N) is 1. The van der Waals surface area contributed by atoms with Crippen LogP contribution in [-0.2, 0) is 10.0 Å². The first-order valence-electron chi connectivity index (χ1n) is 6.95. The van der Waals surface area contributed by atoms with Crippen LogP contribution in [0.3, 0.4) is 0 Å². The van der Waals surface area contributed by atoms with Crippen LogP contribution in [0.25, 0.3) is 11.0 Å². The van der Waals surface area contributed by atoms with Gasteiger partial charge in [-0.1, -0.05) is 18.2 Å². The van der Waals surface area contributed by atoms with Gasteiger partial charge in [0.05, 0.1) is 10.6 Å². The molecule has 0 bridgehead atoms. The van der Waals surface area contributed by atoms with Gasteiger partial charge < -0.3 is 4.42 Å². The summed E-state index contributed by atoms with van der Waals surface area (Å²) in [6.07, 6.45) is 0. The van der Waals surface area contributed by atoms with Crippen molar-refractivity contribution in [2.75, 3.05) is 11.4 Å². The van der Waals surface area contributed by atoms with E-state index < -0.39 is 15.9 Å². The Morgan fingerprint density at radius 1 is 1.12 bits per heavy atom. The molecule has 0 saturated carbocycles. The fourth-order valence-corrected chi connectivity index (χ4v) is 3.49. The van der Waals surface area contributed by atoms with Crippen LogP contribution in [0, 0.1) is 0 Å². The lowest BCUT2D eigenvalue weighted by molar-refractivity contribution is 0.0678. The van der Waals surface area contributed by atoms with E-state index in [0.29, 0.717) is 16.7 Å². The van der Waals surface area contributed by atoms with Gasteiger partial charge >= 0.3 is 5.91 Å². The number of sulfonamides is 1. The number of carbonyl (C=O) groups is 1. The lowest BCUT2D eigenvalue weighted by Crippen LogP contribution is -2.26. The van der Waals surface area contributed by atoms with Crippen molar-refractivity contribution in [2.45, 2.75) is 4.90 Å². The fraction of sp³-hybridized carbons (Fsp3) is 0.0625. The summed E-state index contributed by atoms with van der Waals surface area (Å²) in [5, 5.41) is 9.18. The van der Waals surface area contributed by atoms with Crippen LogP contribution in [-0.4, -0.2) is 26.6 Å². The van der Waals surface area contributed by atoms with E-state index in [4.69, 9.17) is 9.62 Å². The fourth-order valence-electron chi connectivity index (χ4n) is 2.28. The Morgan fingerprint density at radius 3 is 2.50 bits per heavy atom. The molecule has 3 rings (SSSR count). The van der Waals surface area contributed by atoms with E-state index in [9.17, 15) is 13.2 Å². The molecule has 0 aliphatic rings. The van der Waals surface area contributed by atoms with Gasteiger partial charge in [0.15, 0.2) is 5.76 Å². The monoisotopic (exact) mass is 346 g/mol. The third-order valence-electron chi connectivity index (χ3n) is 3.59. The number of furan rings is 1. The average Bonchev–Trinajstić information content (AvgIpc) is 3.04. The molecule has 0 aliphatic heterocycles. The number of fused-ring (bicyclic) bond motifs is 1. The van der Waals surface area contributed by atoms with Crippen molar-refractivity contribution in [3.8, 4) is 0 Å². The minimum atomic E-state index is -3.69. The van der Waals surface area contributed by atoms with Gasteiger partial charge in [-0.2, -0.15) is 0 Å². The predicted molar refractivity (Wildman–Crippen MR) is 87.5 cm³/mol. The maximum Gasteiger partial charge on any atom is 0.310 e. The summed E-state index contributed by atoms with van der Waals surface area (Å²) in [6, 6.07) is 14.2. The van der Waals surface area contributed by atoms with Crippen LogP contribution in [0.1, 0.15) is 10.6 Å². The molecule has 0 unspecified atom stereocenters. The molecular weight excluding hydrogens is 332 g/mol. The van der Waals surface area contributed by atoms with Crippen molar-refractivity contribution in [2.24, 2.45) is 0 Å². The molecule has 3 aromatic rings. The summed E-state index contributed by atoms with van der Waals surface area (Å²) in [4.78, 5) is 11.6. The first-order chi connectivity index (χ1) is 11.4. The van der Waals surface area contributed by atoms with E-state index in [-0.39, 0.29) is 10.7 Å². The first-order valence-corrected chi connectivity index (χ1v) is 8.39. The smallest absolute Gasteiger partial charge is 0.310 e. The van der Waals surface area contributed by atoms with Gasteiger partial charge in [-0.3, -0.25) is 14.3 Å². The third kappa shape index (κ3) is 2.72. The highest BCUT2D eigenvalue weighted by molar-refractivity contribution is 7.92. The Hall–Kier alpha value is -2.84. The summed E-state index contributed by atoms with van der Waals surface area (Å²) < 4.78 is 31.7. The normalized spacial score (nSPS) is 11.4. The Kier molecular flexibility index (Phi) is 4.00. The van der Waals surface area contributed by atoms with Gasteiger partial charge in [-0.25, -0.2) is 13.9 Å². The highest BCUT2D eigenvalue weighted by atomic mass is 32.2. The summed E-state index contributed by atoms with van der Waals surface area (Å²) in [6.45, 7) is 0. The number of rotatable bonds is 4. The summed E-state index contributed by atoms with van der Waals surface area (Å²) >= 11 is 0. The molecule has 1 aromatic heterocycles. The number of amides is 1. The standard InChI is InChI=1S/C16H14N2O5S/c1-18(24(21,22)13-5-3-2-4-6-13)12-7-8-14-11(9-12)10-15(23-14)16(19)17-20/h2-10,20H,1H3,(H,17,19). The zero-order chi connectivity index (χ0) is 17.3. The Morgan fingerprint density at radius 2 is 1.83 bits per heavy atom. The van der Waals surface area contributed by atoms with Crippen molar-refractivity contribution in [1.29, 1.82) is 0 Å². The SMILES string of the molecule is CN(c1ccc2oc(C(=O)NO)cc2c1)S(=O)(=O)c1ccccc1. The lowest BCUT2D eigenvalue weighted by Gasteiger charge is -2.19. The van der Waals surface area contributed by atoms with Gasteiger partial charge in [-0.15, -0.1) is 0 Å². The molecule has 24 heavy (non-hydrogen) atoms. The van der Waals surface area contributed by atoms with Crippen molar-refractivity contribution in [3.05, 3.63) is 60.4 Å². The molecular formula is C16H14N2O5S. The Bertz CT molecular complexity index is 996. The van der Waals surface area contributed by atoms with Gasteiger partial charge in [0.2, 0.25) is 0 Å². The lowest BCUT2D eigenvalue weighted by atomic mass is 10.2. The largest absolute Gasteiger partial charge is 0.451 e. The Labute approximate surface area is 138 Å². The second-order valence-corrected chi connectivity index (χ2v) is 7.03. The molecule has 1 amide bonds. The van der Waals surface area contributed by atoms with E-state index in [2.05, 4.69) is 0 Å². The quantitative estimate of drug-likeness (QED) is 0.558. The van der Waals surface area contributed by atoms with Crippen LogP contribution < -0.4 is 9.79 Å². The van der Waals surface area contributed by atoms with Crippen LogP contribution in [0.2, 0.25) is 0 Å². The van der Waals surface area contributed by atoms with Crippen molar-refractivity contribution >= 4 is 32.6 Å². The van der Waals surface area contributed by atoms with Gasteiger partial charge in [0, 0.05) is 12.4 Å². The molecule has 7 nitrogen and oxygen atoms in total. The van der Waals surface area contributed by atoms with E-state index in [1.165, 1.54) is 30.7 Å². The zero-order valence-corrected chi connectivity index (χ0v) is 13.4. The Balaban J connectivity index is 2.01. The van der Waals surface area contributed by atoms with Gasteiger partial charge in [0.25, 0.3) is 10.0 Å². The van der Waals surface area contributed by atoms with Gasteiger partial charge in [0.1, 0.15) is 5.58 Å². The van der Waals surface area contributed by atoms with Crippen molar-refractivity contribution in [3.63, 3.8) is 0 Å². The van der Waals surface area contributed by atoms with Crippen LogP contribution in [0.5, 0.6) is 0 Å². The minimum absolute atomic E-state index is 0.0711. The summed E-state index contributed by atoms with van der Waals surface area (Å²) in [5.74, 6) is -0.851. The maximum atomic E-state index is 12.6. The average molecular weight is 346 g/mol. The van der Waals surface area contributed by atoms with Crippen molar-refractivity contribution in [1.82, 2.24) is 5.48 Å². The van der Waals surface area contributed by atoms with Crippen LogP contribution >= 0.6 is 0 Å². The summed E-state index contributed by atoms with van der Waals surface area (Å²) in [5.41, 5.74) is 2.31. The number of nitrogens with one attached hydrogen (secondary N) is 1. The number of benzene rings is 2. The number of hydroxylamine groups is 1. The van der Waals surface area contributed by atoms with E-state index in [0.717, 1.165) is 4.31 Å². The predicted octanol–water partition coefficient (Wildman–Crippen LogP) is 2.38. The summed E-state index contributed by atoms with van der Waals surface area (Å²) in [7, 11) is -2.24. The van der Waals surface area contributed by atoms with Crippen LogP contribution in [0.4, 0.5) is 5.69 Å². The van der Waals surface area contributed by atoms with Crippen LogP contribution in [0.15, 0.2) is 63.9 Å². The molecule has 0 fully saturated rings. The highest BCUT2D eigenvalue weighted by Crippen LogP contribution is 2.27. The van der Waals surface area contributed by atoms with Gasteiger partial charge in [-0.05, 0) is 36.4 Å². The molecule has 0 spiro atoms. The molecule has 8 heteroatoms. The topological polar surface area (TPSA) is 99.8 Å². The molecule has 0 aliphatic carbocycles. The number of hydrogen-bond donors (Lipinski definition) is 2. The molecule has 0 saturated heterocycles. The second kappa shape index (κ2) is 5.99. The second-order valence-electron chi connectivity index (χ2n) is 5.06. The molecule has 1 heterocycles. The molecule has 2 N–H and O–H groups in total. The number of carbonyl (C=O) groups excluding carboxylic acids is 1. The molecule has 2 aromatic carbocycles. The number of anilines is 1. The van der Waals surface area contributed by atoms with Crippen molar-refractivity contribution < 1.29 is 22.8 Å². The minimum Gasteiger partial charge on any atom is -0.451 e. The molecule has 0 atom stereocenters. The third-order valence-corrected chi connectivity index (χ3v) is 5.39. The number of hydrogen-bond acceptors (Lipinski definition) is 5. The zero-order valence-electron chi connectivity index (χ0n) is 12.6. The first kappa shape index (κ1) is 16.0.